The first-order chi connectivity index (χ1) is 11.5. The maximum absolute atomic E-state index is 14.7. The summed E-state index contributed by atoms with van der Waals surface area (Å²) in [6, 6.07) is 1.20. The first-order valence-corrected chi connectivity index (χ1v) is 8.71. The van der Waals surface area contributed by atoms with Gasteiger partial charge in [-0.05, 0) is 47.7 Å². The van der Waals surface area contributed by atoms with Gasteiger partial charge in [-0.1, -0.05) is 0 Å². The van der Waals surface area contributed by atoms with Gasteiger partial charge in [0, 0.05) is 23.1 Å². The fourth-order valence-electron chi connectivity index (χ4n) is 3.68. The summed E-state index contributed by atoms with van der Waals surface area (Å²) in [6.07, 6.45) is 2.59. The Labute approximate surface area is 146 Å². The van der Waals surface area contributed by atoms with Crippen LogP contribution in [0.25, 0.3) is 0 Å². The van der Waals surface area contributed by atoms with E-state index in [0.717, 1.165) is 17.7 Å². The third-order valence-corrected chi connectivity index (χ3v) is 5.38. The van der Waals surface area contributed by atoms with Crippen LogP contribution in [0, 0.1) is 5.82 Å². The van der Waals surface area contributed by atoms with E-state index >= 15 is 0 Å². The van der Waals surface area contributed by atoms with Gasteiger partial charge in [-0.3, -0.25) is 9.59 Å². The van der Waals surface area contributed by atoms with Crippen molar-refractivity contribution in [3.8, 4) is 5.75 Å². The molecule has 3 aliphatic rings. The number of carbonyl (C=O) groups excluding carboxylic acids is 2. The van der Waals surface area contributed by atoms with Gasteiger partial charge in [0.15, 0.2) is 0 Å². The summed E-state index contributed by atoms with van der Waals surface area (Å²) in [7, 11) is 0. The lowest BCUT2D eigenvalue weighted by Crippen LogP contribution is -2.33. The zero-order valence-electron chi connectivity index (χ0n) is 12.8. The van der Waals surface area contributed by atoms with E-state index in [-0.39, 0.29) is 18.7 Å². The van der Waals surface area contributed by atoms with Crippen molar-refractivity contribution in [3.63, 3.8) is 0 Å². The maximum Gasteiger partial charge on any atom is 0.261 e. The van der Waals surface area contributed by atoms with Crippen LogP contribution in [0.3, 0.4) is 0 Å². The molecule has 4 rings (SSSR count). The summed E-state index contributed by atoms with van der Waals surface area (Å²) in [5.74, 6) is -1.11. The molecular weight excluding hydrogens is 381 g/mol. The van der Waals surface area contributed by atoms with Crippen molar-refractivity contribution in [2.75, 3.05) is 11.5 Å². The lowest BCUT2D eigenvalue weighted by atomic mass is 9.93. The first kappa shape index (κ1) is 15.8. The summed E-state index contributed by atoms with van der Waals surface area (Å²) < 4.78 is 20.7. The number of hydrogen-bond donors (Lipinski definition) is 1. The van der Waals surface area contributed by atoms with Crippen molar-refractivity contribution < 1.29 is 23.8 Å². The minimum Gasteiger partial charge on any atom is -0.486 e. The van der Waals surface area contributed by atoms with E-state index in [9.17, 15) is 19.1 Å². The lowest BCUT2D eigenvalue weighted by Gasteiger charge is -2.19. The van der Waals surface area contributed by atoms with Crippen LogP contribution < -0.4 is 9.64 Å². The number of aliphatic hydroxyl groups is 1. The topological polar surface area (TPSA) is 66.8 Å². The molecule has 1 atom stereocenters. The van der Waals surface area contributed by atoms with Gasteiger partial charge in [-0.25, -0.2) is 9.29 Å². The van der Waals surface area contributed by atoms with Crippen LogP contribution in [0.15, 0.2) is 21.7 Å². The van der Waals surface area contributed by atoms with E-state index in [1.807, 2.05) is 0 Å². The van der Waals surface area contributed by atoms with Gasteiger partial charge in [0.25, 0.3) is 11.8 Å². The molecule has 0 spiro atoms. The average Bonchev–Trinajstić information content (AvgIpc) is 3.11. The predicted molar refractivity (Wildman–Crippen MR) is 87.3 cm³/mol. The monoisotopic (exact) mass is 395 g/mol. The number of benzene rings is 1. The average molecular weight is 396 g/mol. The molecule has 0 radical (unpaired) electrons. The number of halogens is 2. The van der Waals surface area contributed by atoms with Crippen LogP contribution in [0.5, 0.6) is 5.75 Å². The molecule has 1 aromatic carbocycles. The normalized spacial score (nSPS) is 22.8. The Morgan fingerprint density at radius 2 is 1.88 bits per heavy atom. The second-order valence-electron chi connectivity index (χ2n) is 6.23. The summed E-state index contributed by atoms with van der Waals surface area (Å²) in [5, 5.41) is 9.34. The molecule has 0 saturated heterocycles. The van der Waals surface area contributed by atoms with Crippen LogP contribution in [0.4, 0.5) is 10.1 Å². The molecule has 1 N–H and O–H groups in total. The number of hydrogen-bond acceptors (Lipinski definition) is 4. The van der Waals surface area contributed by atoms with Gasteiger partial charge in [-0.2, -0.15) is 0 Å². The van der Waals surface area contributed by atoms with Gasteiger partial charge >= 0.3 is 0 Å². The van der Waals surface area contributed by atoms with Gasteiger partial charge in [0.05, 0.1) is 16.8 Å². The lowest BCUT2D eigenvalue weighted by molar-refractivity contribution is -0.120. The molecule has 2 heterocycles. The summed E-state index contributed by atoms with van der Waals surface area (Å²) in [5.41, 5.74) is 1.44. The van der Waals surface area contributed by atoms with E-state index in [4.69, 9.17) is 4.74 Å². The number of aliphatic hydroxyl groups excluding tert-OH is 1. The number of imide groups is 1. The molecule has 5 nitrogen and oxygen atoms in total. The predicted octanol–water partition coefficient (Wildman–Crippen LogP) is 2.63. The number of ether oxygens (including phenoxy) is 1. The molecule has 126 valence electrons. The summed E-state index contributed by atoms with van der Waals surface area (Å²) >= 11 is 3.24. The summed E-state index contributed by atoms with van der Waals surface area (Å²) in [6.45, 7) is -0.223. The SMILES string of the molecule is O=C1C2=C(CCCC2)C(=O)N1c1c(F)cc(Br)c2c1CC(CO)O2. The van der Waals surface area contributed by atoms with Crippen molar-refractivity contribution >= 4 is 33.4 Å². The highest BCUT2D eigenvalue weighted by Gasteiger charge is 2.43. The minimum absolute atomic E-state index is 0.0337. The molecule has 2 amide bonds. The molecule has 0 bridgehead atoms. The Kier molecular flexibility index (Phi) is 3.73. The van der Waals surface area contributed by atoms with E-state index in [2.05, 4.69) is 15.9 Å². The van der Waals surface area contributed by atoms with Gasteiger partial charge in [0.2, 0.25) is 0 Å². The van der Waals surface area contributed by atoms with Gasteiger partial charge in [0.1, 0.15) is 17.7 Å². The van der Waals surface area contributed by atoms with Crippen LogP contribution in [-0.2, 0) is 16.0 Å². The highest BCUT2D eigenvalue weighted by molar-refractivity contribution is 9.10. The molecule has 1 aliphatic carbocycles. The second kappa shape index (κ2) is 5.67. The molecule has 1 aromatic rings. The zero-order valence-corrected chi connectivity index (χ0v) is 14.4. The van der Waals surface area contributed by atoms with Gasteiger partial charge in [-0.15, -0.1) is 0 Å². The molecule has 2 aliphatic heterocycles. The van der Waals surface area contributed by atoms with Crippen LogP contribution in [-0.4, -0.2) is 29.6 Å². The van der Waals surface area contributed by atoms with Crippen molar-refractivity contribution in [3.05, 3.63) is 33.1 Å². The van der Waals surface area contributed by atoms with Gasteiger partial charge < -0.3 is 9.84 Å². The number of carbonyl (C=O) groups is 2. The molecular formula is C17H15BrFNO4. The Morgan fingerprint density at radius 3 is 2.46 bits per heavy atom. The van der Waals surface area contributed by atoms with E-state index in [1.165, 1.54) is 6.07 Å². The number of nitrogens with zero attached hydrogens (tertiary/aromatic N) is 1. The Hall–Kier alpha value is -1.73. The largest absolute Gasteiger partial charge is 0.486 e. The molecule has 7 heteroatoms. The third-order valence-electron chi connectivity index (χ3n) is 4.79. The van der Waals surface area contributed by atoms with Crippen molar-refractivity contribution in [1.82, 2.24) is 0 Å². The quantitative estimate of drug-likeness (QED) is 0.781. The molecule has 0 fully saturated rings. The minimum atomic E-state index is -0.649. The van der Waals surface area contributed by atoms with E-state index in [0.29, 0.717) is 39.8 Å². The molecule has 24 heavy (non-hydrogen) atoms. The standard InChI is InChI=1S/C17H15BrFNO4/c18-12-6-13(19)14(11-5-8(7-21)24-15(11)12)20-16(22)9-3-1-2-4-10(9)17(20)23/h6,8,21H,1-5,7H2. The summed E-state index contributed by atoms with van der Waals surface area (Å²) in [4.78, 5) is 26.4. The Bertz CT molecular complexity index is 776. The number of fused-ring (bicyclic) bond motifs is 1. The van der Waals surface area contributed by atoms with E-state index < -0.39 is 23.7 Å². The van der Waals surface area contributed by atoms with Crippen LogP contribution >= 0.6 is 15.9 Å². The fraction of sp³-hybridized carbons (Fsp3) is 0.412. The highest BCUT2D eigenvalue weighted by atomic mass is 79.9. The molecule has 1 unspecified atom stereocenters. The molecule has 0 saturated carbocycles. The van der Waals surface area contributed by atoms with Crippen molar-refractivity contribution in [1.29, 1.82) is 0 Å². The van der Waals surface area contributed by atoms with Crippen LogP contribution in [0.2, 0.25) is 0 Å². The highest BCUT2D eigenvalue weighted by Crippen LogP contribution is 2.46. The second-order valence-corrected chi connectivity index (χ2v) is 7.09. The number of amides is 2. The first-order valence-electron chi connectivity index (χ1n) is 7.92. The number of rotatable bonds is 2. The third kappa shape index (κ3) is 2.14. The van der Waals surface area contributed by atoms with Crippen molar-refractivity contribution in [2.24, 2.45) is 0 Å². The van der Waals surface area contributed by atoms with Crippen LogP contribution in [0.1, 0.15) is 31.2 Å². The zero-order chi connectivity index (χ0) is 17.0. The maximum atomic E-state index is 14.7. The van der Waals surface area contributed by atoms with E-state index in [1.54, 1.807) is 0 Å². The Morgan fingerprint density at radius 1 is 1.25 bits per heavy atom. The molecule has 0 aromatic heterocycles. The smallest absolute Gasteiger partial charge is 0.261 e. The number of anilines is 1. The fourth-order valence-corrected chi connectivity index (χ4v) is 4.21. The van der Waals surface area contributed by atoms with Crippen molar-refractivity contribution in [2.45, 2.75) is 38.2 Å². The Balaban J connectivity index is 1.83.